The summed E-state index contributed by atoms with van der Waals surface area (Å²) >= 11 is 3.36. The number of rotatable bonds is 3. The molecule has 0 radical (unpaired) electrons. The molecule has 0 bridgehead atoms. The van der Waals surface area contributed by atoms with Crippen LogP contribution in [0.1, 0.15) is 25.3 Å². The lowest BCUT2D eigenvalue weighted by Crippen LogP contribution is -2.42. The van der Waals surface area contributed by atoms with Gasteiger partial charge >= 0.3 is 6.09 Å². The van der Waals surface area contributed by atoms with Gasteiger partial charge in [-0.25, -0.2) is 9.78 Å². The first-order chi connectivity index (χ1) is 9.52. The van der Waals surface area contributed by atoms with E-state index >= 15 is 0 Å². The van der Waals surface area contributed by atoms with Gasteiger partial charge in [0.2, 0.25) is 5.91 Å². The second-order valence-corrected chi connectivity index (χ2v) is 5.51. The summed E-state index contributed by atoms with van der Waals surface area (Å²) in [4.78, 5) is 28.6. The number of halogens is 1. The third kappa shape index (κ3) is 3.09. The van der Waals surface area contributed by atoms with Crippen molar-refractivity contribution < 1.29 is 14.7 Å². The number of hydrogen-bond donors (Lipinski definition) is 2. The average Bonchev–Trinajstić information content (AvgIpc) is 2.90. The molecule has 1 aromatic heterocycles. The maximum atomic E-state index is 12.2. The number of carbonyl (C=O) groups is 2. The molecule has 2 N–H and O–H groups in total. The normalized spacial score (nSPS) is 18.1. The van der Waals surface area contributed by atoms with Gasteiger partial charge < -0.3 is 10.4 Å². The number of amides is 2. The number of pyridine rings is 1. The fourth-order valence-corrected chi connectivity index (χ4v) is 2.73. The minimum Gasteiger partial charge on any atom is -0.465 e. The molecule has 2 heterocycles. The quantitative estimate of drug-likeness (QED) is 0.884. The molecule has 2 rings (SSSR count). The van der Waals surface area contributed by atoms with Crippen LogP contribution in [0.4, 0.5) is 10.6 Å². The van der Waals surface area contributed by atoms with Gasteiger partial charge in [0.1, 0.15) is 11.9 Å². The van der Waals surface area contributed by atoms with Crippen molar-refractivity contribution in [2.45, 2.75) is 32.2 Å². The predicted molar refractivity (Wildman–Crippen MR) is 77.7 cm³/mol. The van der Waals surface area contributed by atoms with Gasteiger partial charge in [0.15, 0.2) is 0 Å². The van der Waals surface area contributed by atoms with E-state index in [1.807, 2.05) is 13.0 Å². The van der Waals surface area contributed by atoms with E-state index in [0.717, 1.165) is 12.0 Å². The fraction of sp³-hybridized carbons (Fsp3) is 0.462. The molecule has 6 nitrogen and oxygen atoms in total. The molecule has 1 aliphatic heterocycles. The maximum absolute atomic E-state index is 12.2. The lowest BCUT2D eigenvalue weighted by Gasteiger charge is -2.20. The molecule has 1 saturated heterocycles. The summed E-state index contributed by atoms with van der Waals surface area (Å²) < 4.78 is 0.699. The number of anilines is 1. The molecule has 2 amide bonds. The Bertz CT molecular complexity index is 536. The molecule has 20 heavy (non-hydrogen) atoms. The topological polar surface area (TPSA) is 82.5 Å². The van der Waals surface area contributed by atoms with E-state index in [2.05, 4.69) is 26.2 Å². The molecule has 108 valence electrons. The zero-order chi connectivity index (χ0) is 14.7. The number of aryl methyl sites for hydroxylation is 1. The van der Waals surface area contributed by atoms with Crippen molar-refractivity contribution in [1.29, 1.82) is 0 Å². The minimum absolute atomic E-state index is 0.331. The van der Waals surface area contributed by atoms with Crippen LogP contribution in [0.15, 0.2) is 16.7 Å². The number of likely N-dealkylation sites (tertiary alicyclic amines) is 1. The van der Waals surface area contributed by atoms with Gasteiger partial charge in [0.25, 0.3) is 0 Å². The third-order valence-corrected chi connectivity index (χ3v) is 3.95. The molecule has 1 unspecified atom stereocenters. The van der Waals surface area contributed by atoms with Crippen molar-refractivity contribution in [2.75, 3.05) is 11.9 Å². The summed E-state index contributed by atoms with van der Waals surface area (Å²) in [5.74, 6) is 0.0896. The van der Waals surface area contributed by atoms with Crippen molar-refractivity contribution in [1.82, 2.24) is 9.88 Å². The first kappa shape index (κ1) is 14.8. The van der Waals surface area contributed by atoms with Gasteiger partial charge in [0, 0.05) is 12.7 Å². The van der Waals surface area contributed by atoms with Crippen LogP contribution < -0.4 is 5.32 Å². The van der Waals surface area contributed by atoms with Crippen molar-refractivity contribution in [3.8, 4) is 0 Å². The Morgan fingerprint density at radius 2 is 2.35 bits per heavy atom. The Morgan fingerprint density at radius 3 is 2.95 bits per heavy atom. The highest BCUT2D eigenvalue weighted by Gasteiger charge is 2.34. The van der Waals surface area contributed by atoms with E-state index in [1.165, 1.54) is 4.90 Å². The predicted octanol–water partition coefficient (Wildman–Crippen LogP) is 2.49. The van der Waals surface area contributed by atoms with Crippen LogP contribution in [-0.4, -0.2) is 39.6 Å². The van der Waals surface area contributed by atoms with Gasteiger partial charge in [-0.05, 0) is 46.8 Å². The van der Waals surface area contributed by atoms with Crippen LogP contribution in [-0.2, 0) is 11.2 Å². The highest BCUT2D eigenvalue weighted by molar-refractivity contribution is 9.10. The summed E-state index contributed by atoms with van der Waals surface area (Å²) in [6, 6.07) is 1.26. The molecule has 0 saturated carbocycles. The van der Waals surface area contributed by atoms with Gasteiger partial charge in [-0.15, -0.1) is 0 Å². The SMILES string of the molecule is CCc1cnc(NC(=O)C2CCCN2C(=O)O)c(Br)c1. The summed E-state index contributed by atoms with van der Waals surface area (Å²) in [6.07, 6.45) is 2.74. The van der Waals surface area contributed by atoms with Crippen LogP contribution in [0, 0.1) is 0 Å². The number of aromatic nitrogens is 1. The lowest BCUT2D eigenvalue weighted by molar-refractivity contribution is -0.119. The van der Waals surface area contributed by atoms with Crippen molar-refractivity contribution in [2.24, 2.45) is 0 Å². The summed E-state index contributed by atoms with van der Waals surface area (Å²) in [5.41, 5.74) is 1.06. The molecule has 7 heteroatoms. The molecular weight excluding hydrogens is 326 g/mol. The number of nitrogens with one attached hydrogen (secondary N) is 1. The van der Waals surface area contributed by atoms with Gasteiger partial charge in [-0.1, -0.05) is 6.92 Å². The maximum Gasteiger partial charge on any atom is 0.407 e. The molecule has 1 fully saturated rings. The van der Waals surface area contributed by atoms with Crippen LogP contribution >= 0.6 is 15.9 Å². The average molecular weight is 342 g/mol. The molecule has 1 atom stereocenters. The fourth-order valence-electron chi connectivity index (χ4n) is 2.23. The van der Waals surface area contributed by atoms with E-state index in [0.29, 0.717) is 29.7 Å². The summed E-state index contributed by atoms with van der Waals surface area (Å²) in [6.45, 7) is 2.42. The largest absolute Gasteiger partial charge is 0.465 e. The van der Waals surface area contributed by atoms with Crippen LogP contribution in [0.25, 0.3) is 0 Å². The number of nitrogens with zero attached hydrogens (tertiary/aromatic N) is 2. The monoisotopic (exact) mass is 341 g/mol. The standard InChI is InChI=1S/C13H16BrN3O3/c1-2-8-6-9(14)11(15-7-8)16-12(18)10-4-3-5-17(10)13(19)20/h6-7,10H,2-5H2,1H3,(H,19,20)(H,15,16,18). The van der Waals surface area contributed by atoms with Gasteiger partial charge in [0.05, 0.1) is 4.47 Å². The Morgan fingerprint density at radius 1 is 1.60 bits per heavy atom. The smallest absolute Gasteiger partial charge is 0.407 e. The van der Waals surface area contributed by atoms with Crippen LogP contribution in [0.3, 0.4) is 0 Å². The Kier molecular flexibility index (Phi) is 4.59. The lowest BCUT2D eigenvalue weighted by atomic mass is 10.2. The molecule has 0 spiro atoms. The number of carbonyl (C=O) groups excluding carboxylic acids is 1. The molecule has 0 aliphatic carbocycles. The highest BCUT2D eigenvalue weighted by atomic mass is 79.9. The van der Waals surface area contributed by atoms with Crippen LogP contribution in [0.5, 0.6) is 0 Å². The summed E-state index contributed by atoms with van der Waals surface area (Å²) in [7, 11) is 0. The van der Waals surface area contributed by atoms with E-state index in [1.54, 1.807) is 6.20 Å². The number of carboxylic acid groups (broad SMARTS) is 1. The second kappa shape index (κ2) is 6.21. The van der Waals surface area contributed by atoms with Gasteiger partial charge in [-0.2, -0.15) is 0 Å². The Hall–Kier alpha value is -1.63. The Labute approximate surface area is 125 Å². The van der Waals surface area contributed by atoms with E-state index < -0.39 is 12.1 Å². The number of hydrogen-bond acceptors (Lipinski definition) is 3. The van der Waals surface area contributed by atoms with Gasteiger partial charge in [-0.3, -0.25) is 9.69 Å². The van der Waals surface area contributed by atoms with Crippen LogP contribution in [0.2, 0.25) is 0 Å². The van der Waals surface area contributed by atoms with Crippen molar-refractivity contribution >= 4 is 33.7 Å². The van der Waals surface area contributed by atoms with Crippen molar-refractivity contribution in [3.05, 3.63) is 22.3 Å². The van der Waals surface area contributed by atoms with E-state index in [4.69, 9.17) is 5.11 Å². The third-order valence-electron chi connectivity index (χ3n) is 3.35. The minimum atomic E-state index is -1.06. The van der Waals surface area contributed by atoms with E-state index in [9.17, 15) is 9.59 Å². The molecule has 0 aromatic carbocycles. The molecular formula is C13H16BrN3O3. The zero-order valence-corrected chi connectivity index (χ0v) is 12.7. The highest BCUT2D eigenvalue weighted by Crippen LogP contribution is 2.23. The Balaban J connectivity index is 2.10. The second-order valence-electron chi connectivity index (χ2n) is 4.65. The van der Waals surface area contributed by atoms with E-state index in [-0.39, 0.29) is 5.91 Å². The first-order valence-electron chi connectivity index (χ1n) is 6.47. The van der Waals surface area contributed by atoms with Crippen molar-refractivity contribution in [3.63, 3.8) is 0 Å². The molecule has 1 aliphatic rings. The summed E-state index contributed by atoms with van der Waals surface area (Å²) in [5, 5.41) is 11.7. The molecule has 1 aromatic rings. The zero-order valence-electron chi connectivity index (χ0n) is 11.1. The first-order valence-corrected chi connectivity index (χ1v) is 7.27.